The topological polar surface area (TPSA) is 94.6 Å². The molecule has 1 unspecified atom stereocenters. The quantitative estimate of drug-likeness (QED) is 0.344. The zero-order chi connectivity index (χ0) is 21.8. The first-order chi connectivity index (χ1) is 15.1. The summed E-state index contributed by atoms with van der Waals surface area (Å²) in [7, 11) is 0. The highest BCUT2D eigenvalue weighted by Crippen LogP contribution is 2.44. The van der Waals surface area contributed by atoms with E-state index >= 15 is 0 Å². The largest absolute Gasteiger partial charge is 0.490 e. The molecule has 2 aromatic carbocycles. The number of nitrogens with two attached hydrogens (primary N) is 1. The van der Waals surface area contributed by atoms with Crippen molar-refractivity contribution in [2.75, 3.05) is 6.61 Å². The molecule has 0 fully saturated rings. The minimum absolute atomic E-state index is 0.0481. The van der Waals surface area contributed by atoms with E-state index in [1.54, 1.807) is 48.5 Å². The number of nitriles is 1. The minimum Gasteiger partial charge on any atom is -0.490 e. The Morgan fingerprint density at radius 3 is 2.68 bits per heavy atom. The lowest BCUT2D eigenvalue weighted by Gasteiger charge is -2.25. The monoisotopic (exact) mass is 430 g/mol. The van der Waals surface area contributed by atoms with Crippen molar-refractivity contribution in [3.05, 3.63) is 100 Å². The van der Waals surface area contributed by atoms with Crippen molar-refractivity contribution >= 4 is 17.3 Å². The second kappa shape index (κ2) is 8.78. The van der Waals surface area contributed by atoms with Crippen molar-refractivity contribution < 1.29 is 19.0 Å². The van der Waals surface area contributed by atoms with Crippen LogP contribution < -0.4 is 19.9 Å². The second-order valence-corrected chi connectivity index (χ2v) is 7.63. The molecule has 1 aliphatic rings. The molecule has 4 rings (SSSR count). The molecule has 0 amide bonds. The first kappa shape index (κ1) is 20.3. The van der Waals surface area contributed by atoms with Crippen LogP contribution in [0.3, 0.4) is 0 Å². The Bertz CT molecular complexity index is 1190. The van der Waals surface area contributed by atoms with Crippen LogP contribution in [-0.4, -0.2) is 12.6 Å². The van der Waals surface area contributed by atoms with E-state index in [2.05, 4.69) is 12.6 Å². The molecular weight excluding hydrogens is 412 g/mol. The van der Waals surface area contributed by atoms with E-state index in [0.29, 0.717) is 35.0 Å². The van der Waals surface area contributed by atoms with Gasteiger partial charge in [-0.25, -0.2) is 4.79 Å². The van der Waals surface area contributed by atoms with Crippen molar-refractivity contribution in [3.8, 4) is 23.3 Å². The fourth-order valence-electron chi connectivity index (χ4n) is 3.26. The summed E-state index contributed by atoms with van der Waals surface area (Å²) in [6, 6.07) is 17.7. The molecule has 0 spiro atoms. The predicted molar refractivity (Wildman–Crippen MR) is 117 cm³/mol. The first-order valence-corrected chi connectivity index (χ1v) is 10.3. The number of rotatable bonds is 6. The van der Waals surface area contributed by atoms with Crippen molar-refractivity contribution in [1.29, 1.82) is 5.26 Å². The highest BCUT2D eigenvalue weighted by atomic mass is 32.1. The number of benzene rings is 2. The molecule has 6 nitrogen and oxygen atoms in total. The maximum Gasteiger partial charge on any atom is 0.343 e. The number of nitrogens with zero attached hydrogens (tertiary/aromatic N) is 1. The zero-order valence-corrected chi connectivity index (χ0v) is 17.2. The van der Waals surface area contributed by atoms with Gasteiger partial charge in [0.1, 0.15) is 35.5 Å². The Labute approximate surface area is 183 Å². The van der Waals surface area contributed by atoms with Crippen LogP contribution in [0.25, 0.3) is 0 Å². The summed E-state index contributed by atoms with van der Waals surface area (Å²) in [6.45, 7) is 3.98. The molecule has 0 saturated carbocycles. The Morgan fingerprint density at radius 2 is 2.00 bits per heavy atom. The summed E-state index contributed by atoms with van der Waals surface area (Å²) in [5, 5.41) is 11.5. The lowest BCUT2D eigenvalue weighted by atomic mass is 9.88. The van der Waals surface area contributed by atoms with E-state index < -0.39 is 5.97 Å². The van der Waals surface area contributed by atoms with Gasteiger partial charge in [-0.3, -0.25) is 0 Å². The number of thiophene rings is 1. The third-order valence-corrected chi connectivity index (χ3v) is 5.62. The summed E-state index contributed by atoms with van der Waals surface area (Å²) < 4.78 is 16.6. The Hall–Kier alpha value is -4.02. The molecular formula is C24H18N2O4S. The van der Waals surface area contributed by atoms with Gasteiger partial charge >= 0.3 is 5.97 Å². The van der Waals surface area contributed by atoms with Gasteiger partial charge in [0.2, 0.25) is 5.88 Å². The van der Waals surface area contributed by atoms with Gasteiger partial charge in [0.15, 0.2) is 0 Å². The molecule has 2 heterocycles. The number of esters is 1. The number of carbonyl (C=O) groups excluding carboxylic acids is 1. The molecule has 31 heavy (non-hydrogen) atoms. The van der Waals surface area contributed by atoms with Gasteiger partial charge in [-0.2, -0.15) is 5.26 Å². The van der Waals surface area contributed by atoms with Crippen LogP contribution in [-0.2, 0) is 0 Å². The van der Waals surface area contributed by atoms with Crippen LogP contribution >= 0.6 is 11.3 Å². The maximum atomic E-state index is 12.5. The first-order valence-electron chi connectivity index (χ1n) is 9.41. The summed E-state index contributed by atoms with van der Waals surface area (Å²) in [5.74, 6) is 0.617. The average Bonchev–Trinajstić information content (AvgIpc) is 3.31. The SMILES string of the molecule is C=CCOc1ccc(C(=O)Oc2ccc3c(c2)OC(N)=C(C#N)C3c2cccs2)cc1. The number of allylic oxidation sites excluding steroid dienone is 1. The van der Waals surface area contributed by atoms with Crippen molar-refractivity contribution in [1.82, 2.24) is 0 Å². The second-order valence-electron chi connectivity index (χ2n) is 6.65. The molecule has 0 radical (unpaired) electrons. The summed E-state index contributed by atoms with van der Waals surface area (Å²) >= 11 is 1.53. The standard InChI is InChI=1S/C24H18N2O4S/c1-2-11-28-16-7-5-15(6-8-16)24(27)29-17-9-10-18-20(13-17)30-23(26)19(14-25)22(18)21-4-3-12-31-21/h2-10,12-13,22H,1,11,26H2. The van der Waals surface area contributed by atoms with Crippen LogP contribution in [0.5, 0.6) is 17.2 Å². The van der Waals surface area contributed by atoms with Gasteiger partial charge in [0.05, 0.1) is 11.5 Å². The third-order valence-electron chi connectivity index (χ3n) is 4.69. The molecule has 0 aliphatic carbocycles. The smallest absolute Gasteiger partial charge is 0.343 e. The van der Waals surface area contributed by atoms with Crippen LogP contribution in [0.1, 0.15) is 26.7 Å². The van der Waals surface area contributed by atoms with Gasteiger partial charge in [-0.15, -0.1) is 11.3 Å². The van der Waals surface area contributed by atoms with E-state index in [9.17, 15) is 10.1 Å². The lowest BCUT2D eigenvalue weighted by Crippen LogP contribution is -2.20. The Kier molecular flexibility index (Phi) is 5.74. The van der Waals surface area contributed by atoms with Crippen LogP contribution in [0.15, 0.2) is 84.1 Å². The summed E-state index contributed by atoms with van der Waals surface area (Å²) in [4.78, 5) is 13.5. The number of hydrogen-bond acceptors (Lipinski definition) is 7. The normalized spacial score (nSPS) is 14.7. The van der Waals surface area contributed by atoms with Crippen LogP contribution in [0.4, 0.5) is 0 Å². The lowest BCUT2D eigenvalue weighted by molar-refractivity contribution is 0.0734. The fourth-order valence-corrected chi connectivity index (χ4v) is 4.11. The third kappa shape index (κ3) is 4.15. The summed E-state index contributed by atoms with van der Waals surface area (Å²) in [6.07, 6.45) is 1.64. The zero-order valence-electron chi connectivity index (χ0n) is 16.4. The van der Waals surface area contributed by atoms with Crippen molar-refractivity contribution in [2.24, 2.45) is 5.73 Å². The van der Waals surface area contributed by atoms with E-state index in [1.807, 2.05) is 17.5 Å². The minimum atomic E-state index is -0.512. The van der Waals surface area contributed by atoms with Gasteiger partial charge < -0.3 is 19.9 Å². The number of fused-ring (bicyclic) bond motifs is 1. The van der Waals surface area contributed by atoms with Crippen molar-refractivity contribution in [3.63, 3.8) is 0 Å². The summed E-state index contributed by atoms with van der Waals surface area (Å²) in [5.41, 5.74) is 7.54. The van der Waals surface area contributed by atoms with E-state index in [0.717, 1.165) is 10.4 Å². The van der Waals surface area contributed by atoms with Gasteiger partial charge in [-0.05, 0) is 41.8 Å². The molecule has 0 saturated heterocycles. The number of hydrogen-bond donors (Lipinski definition) is 1. The number of carbonyl (C=O) groups is 1. The molecule has 1 atom stereocenters. The van der Waals surface area contributed by atoms with Gasteiger partial charge in [0, 0.05) is 16.5 Å². The average molecular weight is 430 g/mol. The molecule has 154 valence electrons. The van der Waals surface area contributed by atoms with Gasteiger partial charge in [-0.1, -0.05) is 24.8 Å². The molecule has 0 bridgehead atoms. The van der Waals surface area contributed by atoms with Gasteiger partial charge in [0.25, 0.3) is 0 Å². The highest BCUT2D eigenvalue weighted by Gasteiger charge is 2.31. The molecule has 3 aromatic rings. The highest BCUT2D eigenvalue weighted by molar-refractivity contribution is 7.10. The maximum absolute atomic E-state index is 12.5. The predicted octanol–water partition coefficient (Wildman–Crippen LogP) is 4.75. The van der Waals surface area contributed by atoms with E-state index in [-0.39, 0.29) is 11.8 Å². The van der Waals surface area contributed by atoms with Crippen molar-refractivity contribution in [2.45, 2.75) is 5.92 Å². The molecule has 2 N–H and O–H groups in total. The van der Waals surface area contributed by atoms with E-state index in [1.165, 1.54) is 11.3 Å². The molecule has 1 aliphatic heterocycles. The molecule has 1 aromatic heterocycles. The van der Waals surface area contributed by atoms with E-state index in [4.69, 9.17) is 19.9 Å². The van der Waals surface area contributed by atoms with Crippen LogP contribution in [0.2, 0.25) is 0 Å². The Morgan fingerprint density at radius 1 is 1.23 bits per heavy atom. The Balaban J connectivity index is 1.57. The number of ether oxygens (including phenoxy) is 3. The molecule has 7 heteroatoms. The van der Waals surface area contributed by atoms with Crippen LogP contribution in [0, 0.1) is 11.3 Å². The fraction of sp³-hybridized carbons (Fsp3) is 0.0833.